The van der Waals surface area contributed by atoms with Gasteiger partial charge in [0.2, 0.25) is 11.8 Å². The van der Waals surface area contributed by atoms with Gasteiger partial charge in [-0.05, 0) is 44.1 Å². The molecule has 0 spiro atoms. The lowest BCUT2D eigenvalue weighted by molar-refractivity contribution is 0.402. The van der Waals surface area contributed by atoms with Crippen molar-refractivity contribution in [1.29, 1.82) is 0 Å². The Balaban J connectivity index is 1.48. The smallest absolute Gasteiger partial charge is 0.326 e. The number of hydrogen-bond donors (Lipinski definition) is 4. The standard InChI is InChI=1S/C22H25N9O2/c1-30(2)12-14-5-3-13(4-6-14)10-23-20-27-18-15(9-17-19(32)28-22(33)26-17)11-24-31(18)21(29-20)25-16-7-8-16/h3-6,9,11,16,32H,7-8,10,12H2,1-2H3,(H,23,25,29)(H2,26,28,33)/b15-9+. The van der Waals surface area contributed by atoms with Gasteiger partial charge in [0, 0.05) is 18.3 Å². The quantitative estimate of drug-likeness (QED) is 0.316. The van der Waals surface area contributed by atoms with Gasteiger partial charge in [-0.2, -0.15) is 19.6 Å². The van der Waals surface area contributed by atoms with E-state index in [9.17, 15) is 9.90 Å². The molecule has 1 saturated carbocycles. The molecule has 11 nitrogen and oxygen atoms in total. The molecule has 11 heteroatoms. The number of aromatic nitrogens is 6. The van der Waals surface area contributed by atoms with Crippen LogP contribution in [-0.4, -0.2) is 59.7 Å². The zero-order valence-electron chi connectivity index (χ0n) is 18.4. The summed E-state index contributed by atoms with van der Waals surface area (Å²) >= 11 is 0. The molecule has 1 aliphatic carbocycles. The Labute approximate surface area is 188 Å². The van der Waals surface area contributed by atoms with Crippen molar-refractivity contribution in [2.75, 3.05) is 19.4 Å². The number of aromatic amines is 2. The Hall–Kier alpha value is -3.99. The number of hydrogen-bond acceptors (Lipinski definition) is 8. The first-order valence-electron chi connectivity index (χ1n) is 10.7. The molecular formula is C22H25N9O2. The minimum atomic E-state index is -0.492. The summed E-state index contributed by atoms with van der Waals surface area (Å²) in [5.74, 6) is 0.188. The number of anilines is 1. The number of rotatable bonds is 7. The second-order valence-corrected chi connectivity index (χ2v) is 8.44. The fraction of sp³-hybridized carbons (Fsp3) is 0.318. The van der Waals surface area contributed by atoms with Crippen molar-refractivity contribution in [1.82, 2.24) is 34.4 Å². The summed E-state index contributed by atoms with van der Waals surface area (Å²) in [6.07, 6.45) is 5.28. The van der Waals surface area contributed by atoms with Crippen LogP contribution in [0.15, 0.2) is 40.2 Å². The largest absolute Gasteiger partial charge is 0.493 e. The molecule has 0 bridgehead atoms. The first kappa shape index (κ1) is 20.9. The van der Waals surface area contributed by atoms with Crippen LogP contribution in [0, 0.1) is 0 Å². The summed E-state index contributed by atoms with van der Waals surface area (Å²) in [4.78, 5) is 32.3. The van der Waals surface area contributed by atoms with E-state index in [0.717, 1.165) is 24.9 Å². The maximum Gasteiger partial charge on any atom is 0.326 e. The molecule has 4 N–H and O–H groups in total. The maximum absolute atomic E-state index is 11.5. The van der Waals surface area contributed by atoms with E-state index in [2.05, 4.69) is 64.5 Å². The molecule has 1 aromatic carbocycles. The summed E-state index contributed by atoms with van der Waals surface area (Å²) in [5.41, 5.74) is 3.11. The van der Waals surface area contributed by atoms with Crippen LogP contribution in [0.3, 0.4) is 0 Å². The molecule has 0 saturated heterocycles. The summed E-state index contributed by atoms with van der Waals surface area (Å²) in [5, 5.41) is 18.2. The van der Waals surface area contributed by atoms with Crippen molar-refractivity contribution in [2.45, 2.75) is 32.0 Å². The summed E-state index contributed by atoms with van der Waals surface area (Å²) in [6.45, 7) is 1.45. The molecule has 4 aromatic rings. The summed E-state index contributed by atoms with van der Waals surface area (Å²) in [6, 6.07) is 8.65. The highest BCUT2D eigenvalue weighted by Gasteiger charge is 2.21. The molecule has 1 aliphatic rings. The van der Waals surface area contributed by atoms with Gasteiger partial charge >= 0.3 is 5.69 Å². The Morgan fingerprint density at radius 3 is 2.64 bits per heavy atom. The van der Waals surface area contributed by atoms with Crippen LogP contribution in [0.2, 0.25) is 0 Å². The van der Waals surface area contributed by atoms with Gasteiger partial charge in [-0.15, -0.1) is 0 Å². The highest BCUT2D eigenvalue weighted by Crippen LogP contribution is 2.22. The predicted molar refractivity (Wildman–Crippen MR) is 122 cm³/mol. The lowest BCUT2D eigenvalue weighted by Gasteiger charge is -2.10. The molecular weight excluding hydrogens is 422 g/mol. The van der Waals surface area contributed by atoms with Crippen LogP contribution in [0.5, 0.6) is 5.88 Å². The maximum atomic E-state index is 11.5. The lowest BCUT2D eigenvalue weighted by Crippen LogP contribution is -2.24. The third-order valence-electron chi connectivity index (χ3n) is 5.23. The molecule has 0 atom stereocenters. The van der Waals surface area contributed by atoms with E-state index >= 15 is 0 Å². The Kier molecular flexibility index (Phi) is 5.38. The van der Waals surface area contributed by atoms with Crippen molar-refractivity contribution >= 4 is 17.7 Å². The first-order valence-corrected chi connectivity index (χ1v) is 10.7. The van der Waals surface area contributed by atoms with Gasteiger partial charge in [0.1, 0.15) is 5.69 Å². The minimum absolute atomic E-state index is 0.243. The first-order chi connectivity index (χ1) is 15.9. The number of fused-ring (bicyclic) bond motifs is 1. The van der Waals surface area contributed by atoms with Crippen molar-refractivity contribution in [2.24, 2.45) is 4.99 Å². The molecule has 0 amide bonds. The second-order valence-electron chi connectivity index (χ2n) is 8.44. The zero-order valence-corrected chi connectivity index (χ0v) is 18.4. The molecule has 170 valence electrons. The number of H-pyrrole nitrogens is 2. The summed E-state index contributed by atoms with van der Waals surface area (Å²) < 4.78 is 1.58. The van der Waals surface area contributed by atoms with Crippen LogP contribution in [0.1, 0.15) is 29.7 Å². The van der Waals surface area contributed by atoms with E-state index in [-0.39, 0.29) is 17.6 Å². The van der Waals surface area contributed by atoms with Crippen molar-refractivity contribution < 1.29 is 5.11 Å². The number of benzene rings is 1. The predicted octanol–water partition coefficient (Wildman–Crippen LogP) is 0.131. The Morgan fingerprint density at radius 1 is 1.21 bits per heavy atom. The van der Waals surface area contributed by atoms with Gasteiger partial charge in [-0.25, -0.2) is 9.79 Å². The van der Waals surface area contributed by atoms with E-state index in [1.54, 1.807) is 16.8 Å². The number of aromatic hydroxyl groups is 1. The van der Waals surface area contributed by atoms with Crippen molar-refractivity contribution in [3.8, 4) is 5.88 Å². The van der Waals surface area contributed by atoms with Crippen LogP contribution in [0.4, 0.5) is 5.95 Å². The van der Waals surface area contributed by atoms with E-state index in [1.165, 1.54) is 5.56 Å². The van der Waals surface area contributed by atoms with Crippen molar-refractivity contribution in [3.05, 3.63) is 68.6 Å². The normalized spacial score (nSPS) is 15.1. The average molecular weight is 448 g/mol. The molecule has 0 unspecified atom stereocenters. The lowest BCUT2D eigenvalue weighted by atomic mass is 10.1. The van der Waals surface area contributed by atoms with Gasteiger partial charge < -0.3 is 20.3 Å². The number of nitrogens with one attached hydrogen (secondary N) is 3. The Bertz CT molecular complexity index is 1460. The summed E-state index contributed by atoms with van der Waals surface area (Å²) in [7, 11) is 4.09. The monoisotopic (exact) mass is 447 g/mol. The van der Waals surface area contributed by atoms with E-state index in [0.29, 0.717) is 29.0 Å². The average Bonchev–Trinajstić information content (AvgIpc) is 3.41. The van der Waals surface area contributed by atoms with E-state index in [4.69, 9.17) is 0 Å². The molecule has 3 aromatic heterocycles. The van der Waals surface area contributed by atoms with Crippen LogP contribution in [0.25, 0.3) is 11.7 Å². The highest BCUT2D eigenvalue weighted by molar-refractivity contribution is 5.57. The fourth-order valence-corrected chi connectivity index (χ4v) is 3.47. The number of imidazole rings is 1. The third kappa shape index (κ3) is 4.77. The van der Waals surface area contributed by atoms with Crippen LogP contribution >= 0.6 is 0 Å². The van der Waals surface area contributed by atoms with E-state index < -0.39 is 5.69 Å². The fourth-order valence-electron chi connectivity index (χ4n) is 3.47. The third-order valence-corrected chi connectivity index (χ3v) is 5.23. The minimum Gasteiger partial charge on any atom is -0.493 e. The number of nitrogens with zero attached hydrogens (tertiary/aromatic N) is 6. The second kappa shape index (κ2) is 8.51. The van der Waals surface area contributed by atoms with Gasteiger partial charge in [0.15, 0.2) is 5.65 Å². The molecule has 33 heavy (non-hydrogen) atoms. The van der Waals surface area contributed by atoms with Crippen LogP contribution < -0.4 is 21.8 Å². The SMILES string of the molecule is CN(C)Cc1ccc(CNc2nc(=NC3CC3)n3nc/c(=C\c4[nH]c(=O)[nH]c4O)c3n2)cc1. The molecule has 5 rings (SSSR count). The van der Waals surface area contributed by atoms with Crippen molar-refractivity contribution in [3.63, 3.8) is 0 Å². The van der Waals surface area contributed by atoms with Gasteiger partial charge in [0.05, 0.1) is 12.2 Å². The molecule has 0 radical (unpaired) electrons. The highest BCUT2D eigenvalue weighted by atomic mass is 16.3. The Morgan fingerprint density at radius 2 is 1.97 bits per heavy atom. The van der Waals surface area contributed by atoms with Gasteiger partial charge in [-0.1, -0.05) is 24.3 Å². The molecule has 0 aliphatic heterocycles. The van der Waals surface area contributed by atoms with E-state index in [1.807, 2.05) is 14.1 Å². The van der Waals surface area contributed by atoms with Gasteiger partial charge in [-0.3, -0.25) is 4.98 Å². The molecule has 3 heterocycles. The van der Waals surface area contributed by atoms with Crippen LogP contribution in [-0.2, 0) is 13.1 Å². The van der Waals surface area contributed by atoms with Gasteiger partial charge in [0.25, 0.3) is 5.62 Å². The zero-order chi connectivity index (χ0) is 22.9. The topological polar surface area (TPSA) is 140 Å². The molecule has 1 fully saturated rings.